The molecular formula is C13H20BrNS. The van der Waals surface area contributed by atoms with Gasteiger partial charge in [-0.3, -0.25) is 0 Å². The Labute approximate surface area is 111 Å². The molecule has 0 saturated heterocycles. The number of hydrogen-bond acceptors (Lipinski definition) is 2. The van der Waals surface area contributed by atoms with Crippen molar-refractivity contribution in [2.24, 2.45) is 5.73 Å². The molecular weight excluding hydrogens is 282 g/mol. The van der Waals surface area contributed by atoms with Crippen LogP contribution in [0.25, 0.3) is 0 Å². The normalized spacial score (nSPS) is 13.1. The first-order chi connectivity index (χ1) is 7.54. The summed E-state index contributed by atoms with van der Waals surface area (Å²) in [6.07, 6.45) is 1.04. The summed E-state index contributed by atoms with van der Waals surface area (Å²) in [6, 6.07) is 6.65. The summed E-state index contributed by atoms with van der Waals surface area (Å²) in [4.78, 5) is 1.32. The topological polar surface area (TPSA) is 26.0 Å². The molecule has 3 heteroatoms. The number of rotatable bonds is 5. The summed E-state index contributed by atoms with van der Waals surface area (Å²) in [5, 5.41) is 0.614. The van der Waals surface area contributed by atoms with Gasteiger partial charge in [0.1, 0.15) is 0 Å². The molecule has 0 aliphatic carbocycles. The monoisotopic (exact) mass is 301 g/mol. The van der Waals surface area contributed by atoms with E-state index in [-0.39, 0.29) is 0 Å². The lowest BCUT2D eigenvalue weighted by Crippen LogP contribution is -2.04. The second-order valence-electron chi connectivity index (χ2n) is 4.33. The minimum absolute atomic E-state index is 0.541. The summed E-state index contributed by atoms with van der Waals surface area (Å²) in [6.45, 7) is 7.40. The van der Waals surface area contributed by atoms with E-state index in [4.69, 9.17) is 5.73 Å². The van der Waals surface area contributed by atoms with E-state index in [2.05, 4.69) is 54.9 Å². The lowest BCUT2D eigenvalue weighted by atomic mass is 9.98. The Morgan fingerprint density at radius 2 is 2.00 bits per heavy atom. The summed E-state index contributed by atoms with van der Waals surface area (Å²) in [5.41, 5.74) is 6.95. The molecule has 0 heterocycles. The van der Waals surface area contributed by atoms with Crippen LogP contribution in [0.4, 0.5) is 0 Å². The van der Waals surface area contributed by atoms with Crippen molar-refractivity contribution >= 4 is 27.7 Å². The van der Waals surface area contributed by atoms with Crippen LogP contribution in [0.5, 0.6) is 0 Å². The first-order valence-corrected chi connectivity index (χ1v) is 7.38. The Balaban J connectivity index is 2.82. The second-order valence-corrected chi connectivity index (χ2v) is 6.81. The van der Waals surface area contributed by atoms with Crippen LogP contribution in [0.3, 0.4) is 0 Å². The van der Waals surface area contributed by atoms with E-state index >= 15 is 0 Å². The highest BCUT2D eigenvalue weighted by Gasteiger charge is 2.08. The maximum absolute atomic E-state index is 5.58. The maximum Gasteiger partial charge on any atom is 0.0314 e. The predicted molar refractivity (Wildman–Crippen MR) is 77.2 cm³/mol. The molecule has 0 radical (unpaired) electrons. The average molecular weight is 302 g/mol. The molecule has 0 amide bonds. The van der Waals surface area contributed by atoms with Crippen molar-refractivity contribution < 1.29 is 0 Å². The van der Waals surface area contributed by atoms with E-state index in [0.29, 0.717) is 11.2 Å². The second kappa shape index (κ2) is 6.67. The van der Waals surface area contributed by atoms with Crippen LogP contribution in [0.2, 0.25) is 0 Å². The van der Waals surface area contributed by atoms with Crippen LogP contribution in [-0.4, -0.2) is 11.8 Å². The molecule has 0 saturated carbocycles. The van der Waals surface area contributed by atoms with Gasteiger partial charge < -0.3 is 5.73 Å². The van der Waals surface area contributed by atoms with E-state index < -0.39 is 0 Å². The highest BCUT2D eigenvalue weighted by atomic mass is 79.9. The molecule has 1 aromatic rings. The highest BCUT2D eigenvalue weighted by molar-refractivity contribution is 9.10. The minimum atomic E-state index is 0.541. The molecule has 0 bridgehead atoms. The largest absolute Gasteiger partial charge is 0.330 e. The SMILES string of the molecule is CC(C)Sc1ccc(C(C)CCN)cc1Br. The smallest absolute Gasteiger partial charge is 0.0314 e. The first kappa shape index (κ1) is 14.1. The quantitative estimate of drug-likeness (QED) is 0.816. The van der Waals surface area contributed by atoms with Gasteiger partial charge in [-0.25, -0.2) is 0 Å². The summed E-state index contributed by atoms with van der Waals surface area (Å²) >= 11 is 5.53. The van der Waals surface area contributed by atoms with Crippen molar-refractivity contribution in [3.05, 3.63) is 28.2 Å². The van der Waals surface area contributed by atoms with E-state index in [1.807, 2.05) is 11.8 Å². The first-order valence-electron chi connectivity index (χ1n) is 5.70. The van der Waals surface area contributed by atoms with Crippen molar-refractivity contribution in [3.8, 4) is 0 Å². The van der Waals surface area contributed by atoms with Gasteiger partial charge in [0, 0.05) is 14.6 Å². The summed E-state index contributed by atoms with van der Waals surface area (Å²) in [5.74, 6) is 0.541. The molecule has 2 N–H and O–H groups in total. The van der Waals surface area contributed by atoms with Gasteiger partial charge in [-0.2, -0.15) is 0 Å². The van der Waals surface area contributed by atoms with Gasteiger partial charge in [-0.1, -0.05) is 26.8 Å². The molecule has 1 atom stereocenters. The van der Waals surface area contributed by atoms with Crippen molar-refractivity contribution in [2.75, 3.05) is 6.54 Å². The number of hydrogen-bond donors (Lipinski definition) is 1. The van der Waals surface area contributed by atoms with E-state index in [1.165, 1.54) is 14.9 Å². The van der Waals surface area contributed by atoms with E-state index in [9.17, 15) is 0 Å². The Hall–Kier alpha value is 0.01000. The number of nitrogens with two attached hydrogens (primary N) is 1. The molecule has 0 aliphatic heterocycles. The number of halogens is 1. The minimum Gasteiger partial charge on any atom is -0.330 e. The summed E-state index contributed by atoms with van der Waals surface area (Å²) < 4.78 is 1.20. The Kier molecular flexibility index (Phi) is 5.87. The van der Waals surface area contributed by atoms with E-state index in [0.717, 1.165) is 13.0 Å². The lowest BCUT2D eigenvalue weighted by Gasteiger charge is -2.13. The molecule has 0 aliphatic rings. The Morgan fingerprint density at radius 3 is 2.50 bits per heavy atom. The summed E-state index contributed by atoms with van der Waals surface area (Å²) in [7, 11) is 0. The van der Waals surface area contributed by atoms with Crippen molar-refractivity contribution in [3.63, 3.8) is 0 Å². The Bertz CT molecular complexity index is 339. The van der Waals surface area contributed by atoms with Gasteiger partial charge in [0.15, 0.2) is 0 Å². The third-order valence-electron chi connectivity index (χ3n) is 2.49. The fraction of sp³-hybridized carbons (Fsp3) is 0.538. The molecule has 0 spiro atoms. The highest BCUT2D eigenvalue weighted by Crippen LogP contribution is 2.33. The molecule has 90 valence electrons. The van der Waals surface area contributed by atoms with E-state index in [1.54, 1.807) is 0 Å². The average Bonchev–Trinajstić information content (AvgIpc) is 2.20. The van der Waals surface area contributed by atoms with Crippen LogP contribution in [0.15, 0.2) is 27.6 Å². The van der Waals surface area contributed by atoms with Gasteiger partial charge in [0.05, 0.1) is 0 Å². The molecule has 0 fully saturated rings. The molecule has 1 nitrogen and oxygen atoms in total. The molecule has 1 rings (SSSR count). The maximum atomic E-state index is 5.58. The van der Waals surface area contributed by atoms with Crippen molar-refractivity contribution in [1.82, 2.24) is 0 Å². The molecule has 1 aromatic carbocycles. The standard InChI is InChI=1S/C13H20BrNS/c1-9(2)16-13-5-4-11(8-12(13)14)10(3)6-7-15/h4-5,8-10H,6-7,15H2,1-3H3. The van der Waals surface area contributed by atoms with Crippen LogP contribution < -0.4 is 5.73 Å². The fourth-order valence-electron chi connectivity index (χ4n) is 1.59. The predicted octanol–water partition coefficient (Wildman–Crippen LogP) is 4.40. The zero-order valence-corrected chi connectivity index (χ0v) is 12.6. The van der Waals surface area contributed by atoms with Crippen LogP contribution >= 0.6 is 27.7 Å². The number of benzene rings is 1. The third-order valence-corrected chi connectivity index (χ3v) is 4.49. The molecule has 1 unspecified atom stereocenters. The van der Waals surface area contributed by atoms with Crippen LogP contribution in [0, 0.1) is 0 Å². The van der Waals surface area contributed by atoms with Crippen LogP contribution in [-0.2, 0) is 0 Å². The van der Waals surface area contributed by atoms with Gasteiger partial charge in [-0.05, 0) is 52.5 Å². The Morgan fingerprint density at radius 1 is 1.31 bits per heavy atom. The molecule has 0 aromatic heterocycles. The van der Waals surface area contributed by atoms with Crippen molar-refractivity contribution in [1.29, 1.82) is 0 Å². The van der Waals surface area contributed by atoms with Gasteiger partial charge in [0.2, 0.25) is 0 Å². The van der Waals surface area contributed by atoms with Crippen LogP contribution in [0.1, 0.15) is 38.7 Å². The molecule has 16 heavy (non-hydrogen) atoms. The fourth-order valence-corrected chi connectivity index (χ4v) is 3.09. The van der Waals surface area contributed by atoms with Crippen molar-refractivity contribution in [2.45, 2.75) is 43.3 Å². The zero-order valence-electron chi connectivity index (χ0n) is 10.2. The van der Waals surface area contributed by atoms with Gasteiger partial charge in [-0.15, -0.1) is 11.8 Å². The third kappa shape index (κ3) is 4.11. The van der Waals surface area contributed by atoms with Gasteiger partial charge >= 0.3 is 0 Å². The lowest BCUT2D eigenvalue weighted by molar-refractivity contribution is 0.689. The van der Waals surface area contributed by atoms with Gasteiger partial charge in [0.25, 0.3) is 0 Å². The zero-order chi connectivity index (χ0) is 12.1. The number of thioether (sulfide) groups is 1.